The van der Waals surface area contributed by atoms with Gasteiger partial charge in [-0.05, 0) is 54.7 Å². The number of fused-ring (bicyclic) bond motifs is 1. The Bertz CT molecular complexity index is 740. The minimum absolute atomic E-state index is 0.0196. The maximum Gasteiger partial charge on any atom is 0.233 e. The molecule has 1 amide bonds. The largest absolute Gasteiger partial charge is 0.371 e. The molecule has 1 saturated heterocycles. The second-order valence-corrected chi connectivity index (χ2v) is 8.42. The second-order valence-electron chi connectivity index (χ2n) is 6.74. The summed E-state index contributed by atoms with van der Waals surface area (Å²) in [5.74, 6) is 0.680. The maximum atomic E-state index is 12.5. The number of nitrogens with zero attached hydrogens (tertiary/aromatic N) is 1. The van der Waals surface area contributed by atoms with E-state index in [1.165, 1.54) is 16.1 Å². The third-order valence-corrected chi connectivity index (χ3v) is 6.55. The van der Waals surface area contributed by atoms with Crippen LogP contribution in [0.5, 0.6) is 0 Å². The SMILES string of the molecule is O=C(NCC1CCN(c2ccc(Cl)cc2)C1)C1Cc2ccccc2S1. The van der Waals surface area contributed by atoms with Crippen molar-refractivity contribution < 1.29 is 4.79 Å². The number of halogens is 1. The highest BCUT2D eigenvalue weighted by molar-refractivity contribution is 8.01. The molecule has 5 heteroatoms. The van der Waals surface area contributed by atoms with Crippen LogP contribution in [0.25, 0.3) is 0 Å². The van der Waals surface area contributed by atoms with E-state index in [-0.39, 0.29) is 11.2 Å². The Hall–Kier alpha value is -1.65. The molecule has 1 fully saturated rings. The fourth-order valence-electron chi connectivity index (χ4n) is 3.57. The molecule has 0 spiro atoms. The zero-order valence-corrected chi connectivity index (χ0v) is 15.5. The summed E-state index contributed by atoms with van der Waals surface area (Å²) < 4.78 is 0. The van der Waals surface area contributed by atoms with Crippen LogP contribution >= 0.6 is 23.4 Å². The van der Waals surface area contributed by atoms with Gasteiger partial charge in [0.05, 0.1) is 5.25 Å². The van der Waals surface area contributed by atoms with Crippen molar-refractivity contribution in [2.75, 3.05) is 24.5 Å². The molecule has 2 aliphatic rings. The molecular formula is C20H21ClN2OS. The summed E-state index contributed by atoms with van der Waals surface area (Å²) >= 11 is 7.65. The van der Waals surface area contributed by atoms with E-state index in [0.29, 0.717) is 5.92 Å². The van der Waals surface area contributed by atoms with Gasteiger partial charge in [0.1, 0.15) is 0 Å². The molecule has 0 radical (unpaired) electrons. The van der Waals surface area contributed by atoms with Crippen LogP contribution < -0.4 is 10.2 Å². The summed E-state index contributed by atoms with van der Waals surface area (Å²) in [6.45, 7) is 2.78. The van der Waals surface area contributed by atoms with Crippen molar-refractivity contribution in [2.45, 2.75) is 23.0 Å². The van der Waals surface area contributed by atoms with E-state index in [4.69, 9.17) is 11.6 Å². The van der Waals surface area contributed by atoms with Crippen LogP contribution in [-0.4, -0.2) is 30.8 Å². The van der Waals surface area contributed by atoms with Gasteiger partial charge in [-0.1, -0.05) is 29.8 Å². The highest BCUT2D eigenvalue weighted by Gasteiger charge is 2.29. The molecule has 0 aliphatic carbocycles. The summed E-state index contributed by atoms with van der Waals surface area (Å²) in [4.78, 5) is 16.1. The third kappa shape index (κ3) is 3.80. The van der Waals surface area contributed by atoms with Crippen LogP contribution in [0, 0.1) is 5.92 Å². The van der Waals surface area contributed by atoms with E-state index in [1.807, 2.05) is 24.3 Å². The normalized spacial score (nSPS) is 22.0. The molecule has 130 valence electrons. The molecule has 25 heavy (non-hydrogen) atoms. The first-order valence-corrected chi connectivity index (χ1v) is 9.97. The first-order valence-electron chi connectivity index (χ1n) is 8.72. The monoisotopic (exact) mass is 372 g/mol. The first-order chi connectivity index (χ1) is 12.2. The quantitative estimate of drug-likeness (QED) is 0.880. The molecule has 1 N–H and O–H groups in total. The van der Waals surface area contributed by atoms with E-state index in [2.05, 4.69) is 34.5 Å². The minimum Gasteiger partial charge on any atom is -0.371 e. The summed E-state index contributed by atoms with van der Waals surface area (Å²) in [5, 5.41) is 3.96. The molecule has 0 aromatic heterocycles. The number of amides is 1. The van der Waals surface area contributed by atoms with Gasteiger partial charge >= 0.3 is 0 Å². The molecule has 2 atom stereocenters. The van der Waals surface area contributed by atoms with Crippen molar-refractivity contribution in [3.63, 3.8) is 0 Å². The van der Waals surface area contributed by atoms with Gasteiger partial charge in [0.2, 0.25) is 5.91 Å². The summed E-state index contributed by atoms with van der Waals surface area (Å²) in [7, 11) is 0. The van der Waals surface area contributed by atoms with Crippen LogP contribution in [0.2, 0.25) is 5.02 Å². The van der Waals surface area contributed by atoms with Gasteiger partial charge in [-0.3, -0.25) is 4.79 Å². The van der Waals surface area contributed by atoms with Gasteiger partial charge in [-0.15, -0.1) is 11.8 Å². The van der Waals surface area contributed by atoms with Crippen LogP contribution in [-0.2, 0) is 11.2 Å². The van der Waals surface area contributed by atoms with Crippen molar-refractivity contribution >= 4 is 35.0 Å². The van der Waals surface area contributed by atoms with Crippen molar-refractivity contribution in [2.24, 2.45) is 5.92 Å². The Morgan fingerprint density at radius 2 is 2.00 bits per heavy atom. The maximum absolute atomic E-state index is 12.5. The van der Waals surface area contributed by atoms with Crippen molar-refractivity contribution in [1.82, 2.24) is 5.32 Å². The highest BCUT2D eigenvalue weighted by atomic mass is 35.5. The molecule has 3 nitrogen and oxygen atoms in total. The molecule has 4 rings (SSSR count). The van der Waals surface area contributed by atoms with Gasteiger partial charge in [0.25, 0.3) is 0 Å². The Balaban J connectivity index is 1.27. The minimum atomic E-state index is 0.0196. The lowest BCUT2D eigenvalue weighted by molar-refractivity contribution is -0.120. The molecule has 2 aromatic rings. The smallest absolute Gasteiger partial charge is 0.233 e. The fraction of sp³-hybridized carbons (Fsp3) is 0.350. The number of anilines is 1. The van der Waals surface area contributed by atoms with Crippen LogP contribution in [0.15, 0.2) is 53.4 Å². The Morgan fingerprint density at radius 1 is 1.20 bits per heavy atom. The van der Waals surface area contributed by atoms with Crippen LogP contribution in [0.1, 0.15) is 12.0 Å². The van der Waals surface area contributed by atoms with Crippen molar-refractivity contribution in [3.8, 4) is 0 Å². The zero-order chi connectivity index (χ0) is 17.2. The number of rotatable bonds is 4. The number of carbonyl (C=O) groups excluding carboxylic acids is 1. The van der Waals surface area contributed by atoms with E-state index in [9.17, 15) is 4.79 Å². The van der Waals surface area contributed by atoms with E-state index in [1.54, 1.807) is 11.8 Å². The average Bonchev–Trinajstić information content (AvgIpc) is 3.27. The average molecular weight is 373 g/mol. The van der Waals surface area contributed by atoms with E-state index >= 15 is 0 Å². The van der Waals surface area contributed by atoms with E-state index < -0.39 is 0 Å². The van der Waals surface area contributed by atoms with Crippen LogP contribution in [0.3, 0.4) is 0 Å². The number of thioether (sulfide) groups is 1. The highest BCUT2D eigenvalue weighted by Crippen LogP contribution is 2.36. The molecule has 2 aromatic carbocycles. The standard InChI is InChI=1S/C20H21ClN2OS/c21-16-5-7-17(8-6-16)23-10-9-14(13-23)12-22-20(24)19-11-15-3-1-2-4-18(15)25-19/h1-8,14,19H,9-13H2,(H,22,24). The third-order valence-electron chi connectivity index (χ3n) is 4.98. The summed E-state index contributed by atoms with van der Waals surface area (Å²) in [6, 6.07) is 16.3. The van der Waals surface area contributed by atoms with Crippen LogP contribution in [0.4, 0.5) is 5.69 Å². The van der Waals surface area contributed by atoms with Gasteiger partial charge < -0.3 is 10.2 Å². The Labute approximate surface area is 157 Å². The van der Waals surface area contributed by atoms with Gasteiger partial charge in [-0.2, -0.15) is 0 Å². The number of hydrogen-bond acceptors (Lipinski definition) is 3. The second kappa shape index (κ2) is 7.30. The lowest BCUT2D eigenvalue weighted by Gasteiger charge is -2.19. The molecule has 2 aliphatic heterocycles. The summed E-state index contributed by atoms with van der Waals surface area (Å²) in [6.07, 6.45) is 1.95. The van der Waals surface area contributed by atoms with Crippen molar-refractivity contribution in [1.29, 1.82) is 0 Å². The lowest BCUT2D eigenvalue weighted by Crippen LogP contribution is -2.36. The van der Waals surface area contributed by atoms with Gasteiger partial charge in [0, 0.05) is 35.2 Å². The molecule has 2 unspecified atom stereocenters. The topological polar surface area (TPSA) is 32.3 Å². The predicted octanol–water partition coefficient (Wildman–Crippen LogP) is 4.00. The zero-order valence-electron chi connectivity index (χ0n) is 14.0. The first kappa shape index (κ1) is 16.8. The van der Waals surface area contributed by atoms with Gasteiger partial charge in [0.15, 0.2) is 0 Å². The van der Waals surface area contributed by atoms with Gasteiger partial charge in [-0.25, -0.2) is 0 Å². The number of benzene rings is 2. The number of carbonyl (C=O) groups is 1. The van der Waals surface area contributed by atoms with Crippen molar-refractivity contribution in [3.05, 3.63) is 59.1 Å². The van der Waals surface area contributed by atoms with E-state index in [0.717, 1.165) is 37.5 Å². The fourth-order valence-corrected chi connectivity index (χ4v) is 4.92. The Kier molecular flexibility index (Phi) is 4.91. The molecule has 2 heterocycles. The number of hydrogen-bond donors (Lipinski definition) is 1. The summed E-state index contributed by atoms with van der Waals surface area (Å²) in [5.41, 5.74) is 2.50. The Morgan fingerprint density at radius 3 is 2.80 bits per heavy atom. The molecule has 0 bridgehead atoms. The molecule has 0 saturated carbocycles. The lowest BCUT2D eigenvalue weighted by atomic mass is 10.1. The number of nitrogens with one attached hydrogen (secondary N) is 1. The predicted molar refractivity (Wildman–Crippen MR) is 105 cm³/mol. The molecular weight excluding hydrogens is 352 g/mol.